The van der Waals surface area contributed by atoms with Crippen LogP contribution in [0.15, 0.2) is 12.4 Å². The van der Waals surface area contributed by atoms with Gasteiger partial charge >= 0.3 is 0 Å². The van der Waals surface area contributed by atoms with E-state index in [1.807, 2.05) is 0 Å². The summed E-state index contributed by atoms with van der Waals surface area (Å²) < 4.78 is 0. The fourth-order valence-electron chi connectivity index (χ4n) is 0.532. The first-order chi connectivity index (χ1) is 4.74. The van der Waals surface area contributed by atoms with Crippen molar-refractivity contribution in [3.05, 3.63) is 18.0 Å². The number of hydrogen-bond acceptors (Lipinski definition) is 3. The number of carbonyl (C=O) groups is 1. The van der Waals surface area contributed by atoms with Gasteiger partial charge in [-0.1, -0.05) is 0 Å². The standard InChI is InChI=1S/C5H7N3O2/c1-10-8-3-4(2-7-8)5(6)9/h2-3H,1H3,(H2,6,9). The van der Waals surface area contributed by atoms with Gasteiger partial charge in [-0.3, -0.25) is 4.79 Å². The van der Waals surface area contributed by atoms with Gasteiger partial charge in [-0.15, -0.1) is 9.94 Å². The van der Waals surface area contributed by atoms with Crippen LogP contribution in [0.5, 0.6) is 0 Å². The van der Waals surface area contributed by atoms with E-state index in [0.717, 1.165) is 4.85 Å². The van der Waals surface area contributed by atoms with Gasteiger partial charge in [-0.25, -0.2) is 0 Å². The lowest BCUT2D eigenvalue weighted by atomic mass is 10.4. The van der Waals surface area contributed by atoms with Crippen molar-refractivity contribution in [3.8, 4) is 0 Å². The number of rotatable bonds is 2. The minimum atomic E-state index is -0.511. The van der Waals surface area contributed by atoms with Crippen LogP contribution in [-0.2, 0) is 0 Å². The number of amides is 1. The third kappa shape index (κ3) is 1.07. The Morgan fingerprint density at radius 2 is 2.60 bits per heavy atom. The minimum absolute atomic E-state index is 0.335. The number of aromatic nitrogens is 2. The molecule has 0 saturated heterocycles. The molecule has 5 heteroatoms. The second kappa shape index (κ2) is 2.38. The number of primary amides is 1. The van der Waals surface area contributed by atoms with E-state index in [0.29, 0.717) is 5.56 Å². The van der Waals surface area contributed by atoms with Crippen LogP contribution in [0.1, 0.15) is 10.4 Å². The van der Waals surface area contributed by atoms with Gasteiger partial charge in [-0.2, -0.15) is 0 Å². The van der Waals surface area contributed by atoms with E-state index in [4.69, 9.17) is 5.73 Å². The maximum Gasteiger partial charge on any atom is 0.252 e. The topological polar surface area (TPSA) is 70.1 Å². The molecular formula is C5H7N3O2. The maximum atomic E-state index is 10.4. The van der Waals surface area contributed by atoms with Gasteiger partial charge in [0.25, 0.3) is 5.91 Å². The molecule has 5 nitrogen and oxygen atoms in total. The Morgan fingerprint density at radius 1 is 1.90 bits per heavy atom. The quantitative estimate of drug-likeness (QED) is 0.576. The molecule has 2 N–H and O–H groups in total. The molecule has 1 heterocycles. The van der Waals surface area contributed by atoms with Crippen molar-refractivity contribution in [2.24, 2.45) is 5.73 Å². The molecule has 0 fully saturated rings. The van der Waals surface area contributed by atoms with Crippen LogP contribution < -0.4 is 10.6 Å². The Hall–Kier alpha value is -1.52. The first-order valence-corrected chi connectivity index (χ1v) is 2.63. The number of nitrogens with zero attached hydrogens (tertiary/aromatic N) is 2. The third-order valence-corrected chi connectivity index (χ3v) is 1.03. The molecule has 1 rings (SSSR count). The summed E-state index contributed by atoms with van der Waals surface area (Å²) in [7, 11) is 1.44. The minimum Gasteiger partial charge on any atom is -0.400 e. The van der Waals surface area contributed by atoms with Crippen LogP contribution >= 0.6 is 0 Å². The Balaban J connectivity index is 2.88. The predicted octanol–water partition coefficient (Wildman–Crippen LogP) is -0.960. The van der Waals surface area contributed by atoms with Crippen LogP contribution in [0.3, 0.4) is 0 Å². The summed E-state index contributed by atoms with van der Waals surface area (Å²) in [5, 5.41) is 3.65. The molecule has 1 aromatic heterocycles. The van der Waals surface area contributed by atoms with E-state index < -0.39 is 5.91 Å². The zero-order chi connectivity index (χ0) is 7.56. The molecule has 0 bridgehead atoms. The van der Waals surface area contributed by atoms with Crippen molar-refractivity contribution in [3.63, 3.8) is 0 Å². The first kappa shape index (κ1) is 6.60. The van der Waals surface area contributed by atoms with Crippen LogP contribution in [0.2, 0.25) is 0 Å². The fraction of sp³-hybridized carbons (Fsp3) is 0.200. The summed E-state index contributed by atoms with van der Waals surface area (Å²) in [5.74, 6) is -0.511. The average Bonchev–Trinajstić information content (AvgIpc) is 2.34. The lowest BCUT2D eigenvalue weighted by Gasteiger charge is -1.92. The van der Waals surface area contributed by atoms with Crippen LogP contribution in [-0.4, -0.2) is 23.0 Å². The van der Waals surface area contributed by atoms with E-state index in [1.165, 1.54) is 19.5 Å². The highest BCUT2D eigenvalue weighted by Gasteiger charge is 2.02. The maximum absolute atomic E-state index is 10.4. The molecule has 0 saturated carbocycles. The summed E-state index contributed by atoms with van der Waals surface area (Å²) in [5.41, 5.74) is 5.27. The predicted molar refractivity (Wildman–Crippen MR) is 33.2 cm³/mol. The normalized spacial score (nSPS) is 9.30. The fourth-order valence-corrected chi connectivity index (χ4v) is 0.532. The van der Waals surface area contributed by atoms with Gasteiger partial charge in [0.1, 0.15) is 7.11 Å². The molecule has 0 aliphatic heterocycles. The van der Waals surface area contributed by atoms with Crippen molar-refractivity contribution in [1.82, 2.24) is 9.94 Å². The molecule has 10 heavy (non-hydrogen) atoms. The number of hydrogen-bond donors (Lipinski definition) is 1. The Bertz CT molecular complexity index is 243. The zero-order valence-electron chi connectivity index (χ0n) is 5.44. The third-order valence-electron chi connectivity index (χ3n) is 1.03. The largest absolute Gasteiger partial charge is 0.400 e. The van der Waals surface area contributed by atoms with E-state index in [1.54, 1.807) is 0 Å². The highest BCUT2D eigenvalue weighted by atomic mass is 16.7. The molecule has 1 aromatic rings. The molecule has 1 amide bonds. The number of carbonyl (C=O) groups excluding carboxylic acids is 1. The van der Waals surface area contributed by atoms with Gasteiger partial charge in [0, 0.05) is 0 Å². The van der Waals surface area contributed by atoms with Gasteiger partial charge in [0.2, 0.25) is 0 Å². The second-order valence-electron chi connectivity index (χ2n) is 1.68. The molecule has 0 spiro atoms. The van der Waals surface area contributed by atoms with E-state index in [9.17, 15) is 4.79 Å². The summed E-state index contributed by atoms with van der Waals surface area (Å²) in [4.78, 5) is 16.2. The van der Waals surface area contributed by atoms with Crippen molar-refractivity contribution in [1.29, 1.82) is 0 Å². The van der Waals surface area contributed by atoms with Gasteiger partial charge in [0.05, 0.1) is 18.0 Å². The summed E-state index contributed by atoms with van der Waals surface area (Å²) in [6, 6.07) is 0. The average molecular weight is 141 g/mol. The molecular weight excluding hydrogens is 134 g/mol. The molecule has 0 aliphatic rings. The highest BCUT2D eigenvalue weighted by Crippen LogP contribution is 1.92. The lowest BCUT2D eigenvalue weighted by molar-refractivity contribution is 0.0996. The molecule has 0 unspecified atom stereocenters. The SMILES string of the molecule is COn1cc(C(N)=O)cn1. The summed E-state index contributed by atoms with van der Waals surface area (Å²) in [6.45, 7) is 0. The van der Waals surface area contributed by atoms with E-state index >= 15 is 0 Å². The van der Waals surface area contributed by atoms with Crippen molar-refractivity contribution in [2.45, 2.75) is 0 Å². The van der Waals surface area contributed by atoms with Crippen LogP contribution in [0.4, 0.5) is 0 Å². The van der Waals surface area contributed by atoms with Crippen molar-refractivity contribution in [2.75, 3.05) is 7.11 Å². The molecule has 0 aromatic carbocycles. The molecule has 0 aliphatic carbocycles. The lowest BCUT2D eigenvalue weighted by Crippen LogP contribution is -2.10. The molecule has 0 atom stereocenters. The van der Waals surface area contributed by atoms with Gasteiger partial charge in [-0.05, 0) is 0 Å². The van der Waals surface area contributed by atoms with E-state index in [2.05, 4.69) is 9.94 Å². The highest BCUT2D eigenvalue weighted by molar-refractivity contribution is 5.92. The van der Waals surface area contributed by atoms with Gasteiger partial charge in [0.15, 0.2) is 0 Å². The van der Waals surface area contributed by atoms with Crippen LogP contribution in [0, 0.1) is 0 Å². The second-order valence-corrected chi connectivity index (χ2v) is 1.68. The Labute approximate surface area is 57.3 Å². The Morgan fingerprint density at radius 3 is 2.90 bits per heavy atom. The summed E-state index contributed by atoms with van der Waals surface area (Å²) in [6.07, 6.45) is 2.74. The smallest absolute Gasteiger partial charge is 0.252 e. The first-order valence-electron chi connectivity index (χ1n) is 2.63. The monoisotopic (exact) mass is 141 g/mol. The van der Waals surface area contributed by atoms with Gasteiger partial charge < -0.3 is 10.6 Å². The van der Waals surface area contributed by atoms with Crippen molar-refractivity contribution < 1.29 is 9.63 Å². The number of nitrogens with two attached hydrogens (primary N) is 1. The van der Waals surface area contributed by atoms with E-state index in [-0.39, 0.29) is 0 Å². The zero-order valence-corrected chi connectivity index (χ0v) is 5.44. The molecule has 54 valence electrons. The van der Waals surface area contributed by atoms with Crippen LogP contribution in [0.25, 0.3) is 0 Å². The summed E-state index contributed by atoms with van der Waals surface area (Å²) >= 11 is 0. The Kier molecular flexibility index (Phi) is 1.57. The molecule has 0 radical (unpaired) electrons. The van der Waals surface area contributed by atoms with Crippen molar-refractivity contribution >= 4 is 5.91 Å².